The fourth-order valence-electron chi connectivity index (χ4n) is 0.955. The van der Waals surface area contributed by atoms with Crippen molar-refractivity contribution in [2.45, 2.75) is 10.9 Å². The summed E-state index contributed by atoms with van der Waals surface area (Å²) in [5, 5.41) is 17.6. The first-order chi connectivity index (χ1) is 6.31. The molecule has 0 heterocycles. The third-order valence-corrected chi connectivity index (χ3v) is 2.91. The van der Waals surface area contributed by atoms with Gasteiger partial charge in [0, 0.05) is 0 Å². The van der Waals surface area contributed by atoms with Gasteiger partial charge in [0.15, 0.2) is 0 Å². The zero-order valence-electron chi connectivity index (χ0n) is 7.55. The second-order valence-electron chi connectivity index (χ2n) is 2.59. The number of hydrogen-bond donors (Lipinski definition) is 2. The van der Waals surface area contributed by atoms with Crippen LogP contribution in [0, 0.1) is 5.41 Å². The quantitative estimate of drug-likeness (QED) is 0.393. The Hall–Kier alpha value is -0.800. The summed E-state index contributed by atoms with van der Waals surface area (Å²) < 4.78 is 3.36. The number of aliphatic carboxylic acids is 2. The maximum atomic E-state index is 11.2. The Morgan fingerprint density at radius 1 is 1.29 bits per heavy atom. The number of methoxy groups -OCH3 is 1. The molecule has 80 valence electrons. The predicted molar refractivity (Wildman–Crippen MR) is 46.3 cm³/mol. The number of carbonyl (C=O) groups is 3. The number of carbonyl (C=O) groups excluding carboxylic acids is 1. The summed E-state index contributed by atoms with van der Waals surface area (Å²) in [5.74, 6) is -4.67. The van der Waals surface area contributed by atoms with Gasteiger partial charge in [0.05, 0.1) is 0 Å². The SMILES string of the molecule is COC(=O)C(C(=O)O)(C(=O)O)C(C)[TeH]. The van der Waals surface area contributed by atoms with E-state index >= 15 is 0 Å². The average Bonchev–Trinajstić information content (AvgIpc) is 2.02. The van der Waals surface area contributed by atoms with Gasteiger partial charge in [-0.25, -0.2) is 0 Å². The Labute approximate surface area is 93.1 Å². The van der Waals surface area contributed by atoms with Crippen LogP contribution in [0.15, 0.2) is 0 Å². The summed E-state index contributed by atoms with van der Waals surface area (Å²) in [6.45, 7) is 1.35. The second kappa shape index (κ2) is 4.62. The number of rotatable bonds is 4. The van der Waals surface area contributed by atoms with Crippen molar-refractivity contribution in [1.29, 1.82) is 0 Å². The van der Waals surface area contributed by atoms with E-state index in [4.69, 9.17) is 10.2 Å². The molecule has 14 heavy (non-hydrogen) atoms. The topological polar surface area (TPSA) is 101 Å². The minimum atomic E-state index is -2.50. The Morgan fingerprint density at radius 2 is 1.64 bits per heavy atom. The Balaban J connectivity index is 5.51. The molecular formula is C7H10O6Te. The molecule has 0 bridgehead atoms. The molecule has 0 fully saturated rings. The Bertz CT molecular complexity index is 257. The second-order valence-corrected chi connectivity index (χ2v) is 4.80. The zero-order chi connectivity index (χ0) is 11.5. The van der Waals surface area contributed by atoms with Gasteiger partial charge < -0.3 is 0 Å². The van der Waals surface area contributed by atoms with Crippen molar-refractivity contribution < 1.29 is 29.3 Å². The molecule has 0 aromatic carbocycles. The number of carboxylic acid groups (broad SMARTS) is 2. The van der Waals surface area contributed by atoms with Gasteiger partial charge in [-0.1, -0.05) is 0 Å². The van der Waals surface area contributed by atoms with Crippen LogP contribution in [0.25, 0.3) is 0 Å². The molecule has 0 amide bonds. The van der Waals surface area contributed by atoms with Crippen LogP contribution in [-0.2, 0) is 19.1 Å². The molecule has 2 N–H and O–H groups in total. The third-order valence-electron chi connectivity index (χ3n) is 1.81. The average molecular weight is 318 g/mol. The van der Waals surface area contributed by atoms with Crippen LogP contribution in [0.2, 0.25) is 3.97 Å². The molecule has 1 atom stereocenters. The Kier molecular flexibility index (Phi) is 4.36. The van der Waals surface area contributed by atoms with E-state index in [2.05, 4.69) is 4.74 Å². The van der Waals surface area contributed by atoms with Gasteiger partial charge in [-0.2, -0.15) is 0 Å². The van der Waals surface area contributed by atoms with Crippen molar-refractivity contribution in [3.8, 4) is 0 Å². The van der Waals surface area contributed by atoms with Gasteiger partial charge in [-0.3, -0.25) is 0 Å². The standard InChI is InChI=1S/C7H10O6Te/c1-3(14)7(4(8)9,5(10)11)6(12)13-2/h3,14H,1-2H3,(H,8,9)(H,10,11). The molecule has 0 aliphatic carbocycles. The van der Waals surface area contributed by atoms with E-state index in [1.807, 2.05) is 0 Å². The van der Waals surface area contributed by atoms with Crippen LogP contribution in [0.3, 0.4) is 0 Å². The molecule has 0 rings (SSSR count). The number of carboxylic acids is 2. The molecule has 0 aliphatic rings. The number of hydrogen-bond acceptors (Lipinski definition) is 4. The van der Waals surface area contributed by atoms with Crippen LogP contribution in [0.4, 0.5) is 0 Å². The Morgan fingerprint density at radius 3 is 1.71 bits per heavy atom. The van der Waals surface area contributed by atoms with Crippen LogP contribution >= 0.6 is 0 Å². The molecule has 6 nitrogen and oxygen atoms in total. The fraction of sp³-hybridized carbons (Fsp3) is 0.571. The summed E-state index contributed by atoms with van der Waals surface area (Å²) in [6, 6.07) is 0. The van der Waals surface area contributed by atoms with Crippen molar-refractivity contribution in [1.82, 2.24) is 0 Å². The van der Waals surface area contributed by atoms with E-state index in [0.717, 1.165) is 29.4 Å². The fourth-order valence-corrected chi connectivity index (χ4v) is 1.89. The van der Waals surface area contributed by atoms with Gasteiger partial charge >= 0.3 is 93.0 Å². The van der Waals surface area contributed by atoms with E-state index in [-0.39, 0.29) is 0 Å². The molecule has 0 saturated carbocycles. The summed E-state index contributed by atoms with van der Waals surface area (Å²) in [6.07, 6.45) is 0. The normalized spacial score (nSPS) is 13.1. The molecule has 0 radical (unpaired) electrons. The van der Waals surface area contributed by atoms with E-state index < -0.39 is 27.3 Å². The van der Waals surface area contributed by atoms with Crippen LogP contribution in [0.5, 0.6) is 0 Å². The zero-order valence-corrected chi connectivity index (χ0v) is 10.1. The van der Waals surface area contributed by atoms with Crippen molar-refractivity contribution >= 4 is 40.2 Å². The van der Waals surface area contributed by atoms with Gasteiger partial charge in [-0.05, 0) is 0 Å². The first-order valence-electron chi connectivity index (χ1n) is 3.55. The monoisotopic (exact) mass is 320 g/mol. The summed E-state index contributed by atoms with van der Waals surface area (Å²) in [4.78, 5) is 32.8. The number of esters is 1. The molecule has 0 aromatic heterocycles. The summed E-state index contributed by atoms with van der Waals surface area (Å²) >= 11 is 0.947. The number of ether oxygens (including phenoxy) is 1. The molecule has 0 spiro atoms. The van der Waals surface area contributed by atoms with Gasteiger partial charge in [0.25, 0.3) is 0 Å². The van der Waals surface area contributed by atoms with Crippen molar-refractivity contribution in [2.24, 2.45) is 5.41 Å². The molecule has 1 unspecified atom stereocenters. The van der Waals surface area contributed by atoms with Gasteiger partial charge in [-0.15, -0.1) is 0 Å². The third kappa shape index (κ3) is 1.83. The van der Waals surface area contributed by atoms with Crippen molar-refractivity contribution in [2.75, 3.05) is 7.11 Å². The maximum absolute atomic E-state index is 11.2. The van der Waals surface area contributed by atoms with Crippen molar-refractivity contribution in [3.05, 3.63) is 0 Å². The van der Waals surface area contributed by atoms with E-state index in [1.54, 1.807) is 0 Å². The molecule has 0 aliphatic heterocycles. The van der Waals surface area contributed by atoms with Crippen LogP contribution in [0.1, 0.15) is 6.92 Å². The van der Waals surface area contributed by atoms with Crippen LogP contribution < -0.4 is 0 Å². The predicted octanol–water partition coefficient (Wildman–Crippen LogP) is -0.976. The first-order valence-corrected chi connectivity index (χ1v) is 5.02. The van der Waals surface area contributed by atoms with Gasteiger partial charge in [0.2, 0.25) is 0 Å². The van der Waals surface area contributed by atoms with E-state index in [0.29, 0.717) is 0 Å². The molecular weight excluding hydrogens is 308 g/mol. The molecule has 7 heteroatoms. The molecule has 0 saturated heterocycles. The van der Waals surface area contributed by atoms with E-state index in [1.165, 1.54) is 6.92 Å². The van der Waals surface area contributed by atoms with Gasteiger partial charge in [0.1, 0.15) is 0 Å². The molecule has 0 aromatic rings. The summed E-state index contributed by atoms with van der Waals surface area (Å²) in [7, 11) is 0.955. The van der Waals surface area contributed by atoms with E-state index in [9.17, 15) is 14.4 Å². The van der Waals surface area contributed by atoms with Crippen molar-refractivity contribution in [3.63, 3.8) is 0 Å². The first kappa shape index (κ1) is 13.2. The minimum absolute atomic E-state index is 0.848. The summed E-state index contributed by atoms with van der Waals surface area (Å²) in [5.41, 5.74) is -2.50. The van der Waals surface area contributed by atoms with Crippen LogP contribution in [-0.4, -0.2) is 57.5 Å².